The Morgan fingerprint density at radius 1 is 1.20 bits per heavy atom. The van der Waals surface area contributed by atoms with Crippen LogP contribution < -0.4 is 0 Å². The number of benzene rings is 1. The lowest BCUT2D eigenvalue weighted by atomic mass is 10.1. The zero-order chi connectivity index (χ0) is 14.1. The van der Waals surface area contributed by atoms with Gasteiger partial charge in [-0.2, -0.15) is 0 Å². The molecule has 3 aromatic rings. The second-order valence-corrected chi connectivity index (χ2v) is 4.59. The molecule has 20 heavy (non-hydrogen) atoms. The summed E-state index contributed by atoms with van der Waals surface area (Å²) in [5.74, 6) is -1.29. The minimum absolute atomic E-state index is 0.0516. The number of hydrogen-bond acceptors (Lipinski definition) is 2. The molecule has 2 aromatic heterocycles. The molecule has 0 fully saturated rings. The van der Waals surface area contributed by atoms with Gasteiger partial charge in [-0.05, 0) is 23.8 Å². The van der Waals surface area contributed by atoms with E-state index in [0.717, 1.165) is 6.07 Å². The summed E-state index contributed by atoms with van der Waals surface area (Å²) in [4.78, 5) is 4.27. The number of fused-ring (bicyclic) bond motifs is 1. The quantitative estimate of drug-likeness (QED) is 0.797. The second kappa shape index (κ2) is 5.02. The maximum Gasteiger partial charge on any atom is 0.137 e. The molecule has 0 aliphatic heterocycles. The molecule has 5 heteroatoms. The molecule has 102 valence electrons. The van der Waals surface area contributed by atoms with Crippen LogP contribution in [0.2, 0.25) is 0 Å². The monoisotopic (exact) mass is 274 g/mol. The molecule has 1 atom stereocenters. The Morgan fingerprint density at radius 2 is 2.05 bits per heavy atom. The molecular weight excluding hydrogens is 262 g/mol. The van der Waals surface area contributed by atoms with Gasteiger partial charge in [0, 0.05) is 24.9 Å². The van der Waals surface area contributed by atoms with Gasteiger partial charge in [0.15, 0.2) is 0 Å². The second-order valence-electron chi connectivity index (χ2n) is 4.59. The van der Waals surface area contributed by atoms with Crippen LogP contribution in [-0.2, 0) is 6.42 Å². The Balaban J connectivity index is 1.86. The summed E-state index contributed by atoms with van der Waals surface area (Å²) in [6.07, 6.45) is 2.63. The summed E-state index contributed by atoms with van der Waals surface area (Å²) in [5, 5.41) is 10.1. The number of aliphatic hydroxyl groups is 1. The van der Waals surface area contributed by atoms with Gasteiger partial charge in [-0.25, -0.2) is 13.8 Å². The Labute approximate surface area is 114 Å². The van der Waals surface area contributed by atoms with E-state index >= 15 is 0 Å². The largest absolute Gasteiger partial charge is 0.386 e. The van der Waals surface area contributed by atoms with Gasteiger partial charge in [-0.3, -0.25) is 0 Å². The zero-order valence-corrected chi connectivity index (χ0v) is 10.5. The van der Waals surface area contributed by atoms with Gasteiger partial charge in [0.25, 0.3) is 0 Å². The van der Waals surface area contributed by atoms with Gasteiger partial charge in [0.2, 0.25) is 0 Å². The van der Waals surface area contributed by atoms with Crippen molar-refractivity contribution in [2.24, 2.45) is 0 Å². The molecule has 3 rings (SSSR count). The lowest BCUT2D eigenvalue weighted by Gasteiger charge is -2.08. The van der Waals surface area contributed by atoms with Crippen LogP contribution in [0.3, 0.4) is 0 Å². The number of pyridine rings is 1. The molecule has 2 heterocycles. The normalized spacial score (nSPS) is 12.8. The summed E-state index contributed by atoms with van der Waals surface area (Å²) in [6, 6.07) is 8.83. The van der Waals surface area contributed by atoms with E-state index in [9.17, 15) is 13.9 Å². The minimum atomic E-state index is -0.935. The first-order chi connectivity index (χ1) is 9.63. The molecular formula is C15H12F2N2O. The molecule has 0 saturated carbocycles. The van der Waals surface area contributed by atoms with Crippen LogP contribution in [0.15, 0.2) is 48.8 Å². The smallest absolute Gasteiger partial charge is 0.137 e. The number of aromatic nitrogens is 2. The van der Waals surface area contributed by atoms with E-state index in [4.69, 9.17) is 0 Å². The maximum atomic E-state index is 13.6. The molecule has 0 aliphatic rings. The van der Waals surface area contributed by atoms with E-state index in [1.165, 1.54) is 12.1 Å². The number of imidazole rings is 1. The van der Waals surface area contributed by atoms with Crippen LogP contribution in [0, 0.1) is 11.6 Å². The molecule has 0 spiro atoms. The Hall–Kier alpha value is -2.27. The first kappa shape index (κ1) is 12.7. The predicted octanol–water partition coefficient (Wildman–Crippen LogP) is 2.89. The van der Waals surface area contributed by atoms with Crippen molar-refractivity contribution in [3.63, 3.8) is 0 Å². The Kier molecular flexibility index (Phi) is 3.20. The predicted molar refractivity (Wildman–Crippen MR) is 70.2 cm³/mol. The van der Waals surface area contributed by atoms with Crippen molar-refractivity contribution < 1.29 is 13.9 Å². The maximum absolute atomic E-state index is 13.6. The van der Waals surface area contributed by atoms with Crippen LogP contribution in [0.25, 0.3) is 5.65 Å². The van der Waals surface area contributed by atoms with Gasteiger partial charge in [0.05, 0.1) is 5.69 Å². The van der Waals surface area contributed by atoms with E-state index < -0.39 is 17.7 Å². The van der Waals surface area contributed by atoms with Gasteiger partial charge in [0.1, 0.15) is 23.4 Å². The first-order valence-electron chi connectivity index (χ1n) is 6.19. The summed E-state index contributed by atoms with van der Waals surface area (Å²) < 4.78 is 28.2. The third-order valence-corrected chi connectivity index (χ3v) is 3.15. The van der Waals surface area contributed by atoms with Crippen LogP contribution in [0.1, 0.15) is 17.4 Å². The van der Waals surface area contributed by atoms with Gasteiger partial charge in [-0.1, -0.05) is 12.1 Å². The lowest BCUT2D eigenvalue weighted by Crippen LogP contribution is -2.04. The van der Waals surface area contributed by atoms with Crippen molar-refractivity contribution in [3.05, 3.63) is 71.7 Å². The average molecular weight is 274 g/mol. The van der Waals surface area contributed by atoms with Crippen LogP contribution >= 0.6 is 0 Å². The number of hydrogen-bond donors (Lipinski definition) is 1. The molecule has 0 aliphatic carbocycles. The molecule has 1 aromatic carbocycles. The third-order valence-electron chi connectivity index (χ3n) is 3.15. The molecule has 3 nitrogen and oxygen atoms in total. The fourth-order valence-corrected chi connectivity index (χ4v) is 2.11. The van der Waals surface area contributed by atoms with Crippen LogP contribution in [0.4, 0.5) is 8.78 Å². The lowest BCUT2D eigenvalue weighted by molar-refractivity contribution is 0.173. The SMILES string of the molecule is OC(Cc1ccc(F)cc1F)c1cn2ccccc2n1. The molecule has 0 bridgehead atoms. The number of halogens is 2. The summed E-state index contributed by atoms with van der Waals surface area (Å²) in [7, 11) is 0. The van der Waals surface area contributed by atoms with E-state index in [-0.39, 0.29) is 12.0 Å². The summed E-state index contributed by atoms with van der Waals surface area (Å²) >= 11 is 0. The Morgan fingerprint density at radius 3 is 2.80 bits per heavy atom. The van der Waals surface area contributed by atoms with Crippen molar-refractivity contribution in [3.8, 4) is 0 Å². The molecule has 0 amide bonds. The van der Waals surface area contributed by atoms with E-state index in [1.54, 1.807) is 10.6 Å². The van der Waals surface area contributed by atoms with E-state index in [1.807, 2.05) is 24.4 Å². The molecule has 0 saturated heterocycles. The van der Waals surface area contributed by atoms with Crippen LogP contribution in [0.5, 0.6) is 0 Å². The van der Waals surface area contributed by atoms with E-state index in [2.05, 4.69) is 4.98 Å². The van der Waals surface area contributed by atoms with E-state index in [0.29, 0.717) is 11.3 Å². The topological polar surface area (TPSA) is 37.5 Å². The molecule has 1 N–H and O–H groups in total. The molecule has 0 radical (unpaired) electrons. The van der Waals surface area contributed by atoms with Crippen molar-refractivity contribution in [1.29, 1.82) is 0 Å². The van der Waals surface area contributed by atoms with Crippen molar-refractivity contribution in [2.75, 3.05) is 0 Å². The van der Waals surface area contributed by atoms with Gasteiger partial charge in [-0.15, -0.1) is 0 Å². The van der Waals surface area contributed by atoms with Crippen LogP contribution in [-0.4, -0.2) is 14.5 Å². The summed E-state index contributed by atoms with van der Waals surface area (Å²) in [5.41, 5.74) is 1.43. The Bertz CT molecular complexity index is 721. The summed E-state index contributed by atoms with van der Waals surface area (Å²) in [6.45, 7) is 0. The van der Waals surface area contributed by atoms with Crippen molar-refractivity contribution >= 4 is 5.65 Å². The first-order valence-corrected chi connectivity index (χ1v) is 6.19. The highest BCUT2D eigenvalue weighted by Gasteiger charge is 2.15. The number of nitrogens with zero attached hydrogens (tertiary/aromatic N) is 2. The fraction of sp³-hybridized carbons (Fsp3) is 0.133. The van der Waals surface area contributed by atoms with Gasteiger partial charge >= 0.3 is 0 Å². The highest BCUT2D eigenvalue weighted by atomic mass is 19.1. The third kappa shape index (κ3) is 2.40. The highest BCUT2D eigenvalue weighted by Crippen LogP contribution is 2.20. The minimum Gasteiger partial charge on any atom is -0.386 e. The highest BCUT2D eigenvalue weighted by molar-refractivity contribution is 5.40. The van der Waals surface area contributed by atoms with Gasteiger partial charge < -0.3 is 9.51 Å². The van der Waals surface area contributed by atoms with Crippen molar-refractivity contribution in [2.45, 2.75) is 12.5 Å². The molecule has 1 unspecified atom stereocenters. The fourth-order valence-electron chi connectivity index (χ4n) is 2.11. The average Bonchev–Trinajstić information content (AvgIpc) is 2.86. The standard InChI is InChI=1S/C15H12F2N2O/c16-11-5-4-10(12(17)8-11)7-14(20)13-9-19-6-2-1-3-15(19)18-13/h1-6,8-9,14,20H,7H2. The zero-order valence-electron chi connectivity index (χ0n) is 10.5. The number of aliphatic hydroxyl groups excluding tert-OH is 1. The van der Waals surface area contributed by atoms with Crippen molar-refractivity contribution in [1.82, 2.24) is 9.38 Å². The number of rotatable bonds is 3.